The molecule has 3 nitrogen and oxygen atoms in total. The molecule has 2 aromatic rings. The van der Waals surface area contributed by atoms with Gasteiger partial charge in [-0.2, -0.15) is 4.39 Å². The topological polar surface area (TPSA) is 46.5 Å². The summed E-state index contributed by atoms with van der Waals surface area (Å²) in [5.41, 5.74) is -0.496. The first-order chi connectivity index (χ1) is 9.38. The SMILES string of the molecule is O=C(O)c1cc(F)ccc1Oc1cc(Br)cc(F)c1F. The monoisotopic (exact) mass is 346 g/mol. The maximum atomic E-state index is 13.5. The van der Waals surface area contributed by atoms with Gasteiger partial charge in [0.15, 0.2) is 11.6 Å². The zero-order valence-corrected chi connectivity index (χ0v) is 11.2. The fourth-order valence-corrected chi connectivity index (χ4v) is 1.89. The first-order valence-corrected chi connectivity index (χ1v) is 6.03. The molecule has 0 fully saturated rings. The molecule has 104 valence electrons. The standard InChI is InChI=1S/C13H6BrF3O3/c14-6-3-9(16)12(17)11(4-6)20-10-2-1-7(15)5-8(10)13(18)19/h1-5H,(H,18,19). The highest BCUT2D eigenvalue weighted by Gasteiger charge is 2.17. The van der Waals surface area contributed by atoms with E-state index in [4.69, 9.17) is 9.84 Å². The Morgan fingerprint density at radius 1 is 1.10 bits per heavy atom. The molecule has 0 heterocycles. The number of hydrogen-bond acceptors (Lipinski definition) is 2. The van der Waals surface area contributed by atoms with Gasteiger partial charge in [-0.1, -0.05) is 15.9 Å². The van der Waals surface area contributed by atoms with Crippen LogP contribution in [0.4, 0.5) is 13.2 Å². The van der Waals surface area contributed by atoms with Crippen LogP contribution in [0.5, 0.6) is 11.5 Å². The van der Waals surface area contributed by atoms with E-state index in [1.807, 2.05) is 0 Å². The van der Waals surface area contributed by atoms with Crippen LogP contribution in [-0.2, 0) is 0 Å². The van der Waals surface area contributed by atoms with Crippen molar-refractivity contribution in [2.24, 2.45) is 0 Å². The number of rotatable bonds is 3. The molecule has 20 heavy (non-hydrogen) atoms. The molecule has 0 amide bonds. The Bertz CT molecular complexity index is 689. The normalized spacial score (nSPS) is 10.4. The average Bonchev–Trinajstić information content (AvgIpc) is 2.37. The van der Waals surface area contributed by atoms with Gasteiger partial charge in [0, 0.05) is 4.47 Å². The van der Waals surface area contributed by atoms with Crippen LogP contribution in [0.2, 0.25) is 0 Å². The van der Waals surface area contributed by atoms with Crippen LogP contribution < -0.4 is 4.74 Å². The van der Waals surface area contributed by atoms with Crippen LogP contribution >= 0.6 is 15.9 Å². The minimum Gasteiger partial charge on any atom is -0.478 e. The summed E-state index contributed by atoms with van der Waals surface area (Å²) in [7, 11) is 0. The van der Waals surface area contributed by atoms with Crippen molar-refractivity contribution in [3.63, 3.8) is 0 Å². The van der Waals surface area contributed by atoms with E-state index in [0.29, 0.717) is 0 Å². The molecule has 0 saturated carbocycles. The number of aromatic carboxylic acids is 1. The molecular formula is C13H6BrF3O3. The average molecular weight is 347 g/mol. The van der Waals surface area contributed by atoms with E-state index in [9.17, 15) is 18.0 Å². The third-order valence-electron chi connectivity index (χ3n) is 2.35. The zero-order valence-electron chi connectivity index (χ0n) is 9.66. The van der Waals surface area contributed by atoms with Crippen LogP contribution in [0, 0.1) is 17.5 Å². The summed E-state index contributed by atoms with van der Waals surface area (Å²) in [6, 6.07) is 4.73. The Balaban J connectivity index is 2.48. The summed E-state index contributed by atoms with van der Waals surface area (Å²) < 4.78 is 45.0. The lowest BCUT2D eigenvalue weighted by atomic mass is 10.2. The van der Waals surface area contributed by atoms with E-state index >= 15 is 0 Å². The summed E-state index contributed by atoms with van der Waals surface area (Å²) in [6.45, 7) is 0. The summed E-state index contributed by atoms with van der Waals surface area (Å²) in [6.07, 6.45) is 0. The number of ether oxygens (including phenoxy) is 1. The summed E-state index contributed by atoms with van der Waals surface area (Å²) in [5.74, 6) is -5.46. The largest absolute Gasteiger partial charge is 0.478 e. The smallest absolute Gasteiger partial charge is 0.339 e. The van der Waals surface area contributed by atoms with E-state index in [0.717, 1.165) is 30.3 Å². The minimum absolute atomic E-state index is 0.213. The Labute approximate surface area is 119 Å². The number of benzene rings is 2. The molecule has 0 aliphatic carbocycles. The highest BCUT2D eigenvalue weighted by Crippen LogP contribution is 2.31. The second-order valence-corrected chi connectivity index (χ2v) is 4.66. The second kappa shape index (κ2) is 5.54. The maximum Gasteiger partial charge on any atom is 0.339 e. The van der Waals surface area contributed by atoms with Gasteiger partial charge in [-0.05, 0) is 30.3 Å². The minimum atomic E-state index is -1.45. The van der Waals surface area contributed by atoms with Crippen LogP contribution in [0.3, 0.4) is 0 Å². The van der Waals surface area contributed by atoms with Crippen molar-refractivity contribution < 1.29 is 27.8 Å². The highest BCUT2D eigenvalue weighted by molar-refractivity contribution is 9.10. The molecule has 1 N–H and O–H groups in total. The van der Waals surface area contributed by atoms with Crippen molar-refractivity contribution in [3.05, 3.63) is 57.8 Å². The third-order valence-corrected chi connectivity index (χ3v) is 2.81. The van der Waals surface area contributed by atoms with Gasteiger partial charge in [-0.3, -0.25) is 0 Å². The van der Waals surface area contributed by atoms with Crippen LogP contribution in [0.25, 0.3) is 0 Å². The van der Waals surface area contributed by atoms with Crippen molar-refractivity contribution in [1.82, 2.24) is 0 Å². The van der Waals surface area contributed by atoms with Crippen LogP contribution in [0.15, 0.2) is 34.8 Å². The molecule has 0 aliphatic rings. The van der Waals surface area contributed by atoms with E-state index in [-0.39, 0.29) is 10.2 Å². The maximum absolute atomic E-state index is 13.5. The highest BCUT2D eigenvalue weighted by atomic mass is 79.9. The van der Waals surface area contributed by atoms with E-state index < -0.39 is 34.7 Å². The van der Waals surface area contributed by atoms with Crippen molar-refractivity contribution in [2.75, 3.05) is 0 Å². The fraction of sp³-hybridized carbons (Fsp3) is 0. The first kappa shape index (κ1) is 14.4. The third kappa shape index (κ3) is 2.93. The van der Waals surface area contributed by atoms with E-state index in [1.165, 1.54) is 0 Å². The van der Waals surface area contributed by atoms with Gasteiger partial charge < -0.3 is 9.84 Å². The molecule has 0 radical (unpaired) electrons. The zero-order chi connectivity index (χ0) is 14.9. The lowest BCUT2D eigenvalue weighted by molar-refractivity contribution is 0.0693. The number of hydrogen-bond donors (Lipinski definition) is 1. The Morgan fingerprint density at radius 2 is 1.80 bits per heavy atom. The molecule has 0 aliphatic heterocycles. The summed E-state index contributed by atoms with van der Waals surface area (Å²) in [4.78, 5) is 11.0. The molecule has 0 aromatic heterocycles. The van der Waals surface area contributed by atoms with Gasteiger partial charge in [0.2, 0.25) is 5.82 Å². The van der Waals surface area contributed by atoms with Crippen molar-refractivity contribution in [3.8, 4) is 11.5 Å². The van der Waals surface area contributed by atoms with Gasteiger partial charge in [-0.15, -0.1) is 0 Å². The van der Waals surface area contributed by atoms with Crippen molar-refractivity contribution in [2.45, 2.75) is 0 Å². The lowest BCUT2D eigenvalue weighted by Gasteiger charge is -2.10. The van der Waals surface area contributed by atoms with Gasteiger partial charge in [0.25, 0.3) is 0 Å². The predicted molar refractivity (Wildman–Crippen MR) is 67.5 cm³/mol. The molecule has 2 rings (SSSR count). The molecular weight excluding hydrogens is 341 g/mol. The molecule has 0 spiro atoms. The Morgan fingerprint density at radius 3 is 2.45 bits per heavy atom. The van der Waals surface area contributed by atoms with Gasteiger partial charge in [0.05, 0.1) is 0 Å². The number of halogens is 4. The van der Waals surface area contributed by atoms with Gasteiger partial charge in [-0.25, -0.2) is 13.6 Å². The Hall–Kier alpha value is -2.02. The number of carboxylic acids is 1. The summed E-state index contributed by atoms with van der Waals surface area (Å²) >= 11 is 2.96. The van der Waals surface area contributed by atoms with E-state index in [1.54, 1.807) is 0 Å². The predicted octanol–water partition coefficient (Wildman–Crippen LogP) is 4.36. The number of carboxylic acid groups (broad SMARTS) is 1. The fourth-order valence-electron chi connectivity index (χ4n) is 1.48. The molecule has 0 unspecified atom stereocenters. The quantitative estimate of drug-likeness (QED) is 0.840. The molecule has 0 bridgehead atoms. The van der Waals surface area contributed by atoms with Gasteiger partial charge in [0.1, 0.15) is 17.1 Å². The van der Waals surface area contributed by atoms with Crippen molar-refractivity contribution >= 4 is 21.9 Å². The van der Waals surface area contributed by atoms with Crippen LogP contribution in [-0.4, -0.2) is 11.1 Å². The molecule has 7 heteroatoms. The molecule has 0 atom stereocenters. The second-order valence-electron chi connectivity index (χ2n) is 3.75. The summed E-state index contributed by atoms with van der Waals surface area (Å²) in [5, 5.41) is 8.92. The lowest BCUT2D eigenvalue weighted by Crippen LogP contribution is -2.02. The van der Waals surface area contributed by atoms with Gasteiger partial charge >= 0.3 is 5.97 Å². The van der Waals surface area contributed by atoms with E-state index in [2.05, 4.69) is 15.9 Å². The van der Waals surface area contributed by atoms with Crippen LogP contribution in [0.1, 0.15) is 10.4 Å². The Kier molecular flexibility index (Phi) is 3.99. The van der Waals surface area contributed by atoms with Crippen molar-refractivity contribution in [1.29, 1.82) is 0 Å². The first-order valence-electron chi connectivity index (χ1n) is 5.23. The molecule has 0 saturated heterocycles. The molecule has 2 aromatic carbocycles. The number of carbonyl (C=O) groups is 1.